The third-order valence-corrected chi connectivity index (χ3v) is 2.76. The molecule has 1 aromatic heterocycles. The molecule has 1 aliphatic heterocycles. The van der Waals surface area contributed by atoms with Gasteiger partial charge in [-0.1, -0.05) is 17.7 Å². The van der Waals surface area contributed by atoms with E-state index in [-0.39, 0.29) is 0 Å². The maximum absolute atomic E-state index is 5.69. The third kappa shape index (κ3) is 3.45. The second kappa shape index (κ2) is 5.45. The van der Waals surface area contributed by atoms with E-state index in [4.69, 9.17) is 16.3 Å². The van der Waals surface area contributed by atoms with Crippen LogP contribution in [0.15, 0.2) is 18.3 Å². The van der Waals surface area contributed by atoms with Crippen LogP contribution >= 0.6 is 11.6 Å². The minimum Gasteiger partial charge on any atom is -0.375 e. The Morgan fingerprint density at radius 2 is 2.47 bits per heavy atom. The fourth-order valence-electron chi connectivity index (χ4n) is 1.71. The zero-order valence-corrected chi connectivity index (χ0v) is 9.33. The molecule has 1 atom stereocenters. The summed E-state index contributed by atoms with van der Waals surface area (Å²) in [6.07, 6.45) is 4.24. The molecule has 1 saturated heterocycles. The lowest BCUT2D eigenvalue weighted by Gasteiger charge is -2.10. The number of hydrogen-bond acceptors (Lipinski definition) is 3. The molecular formula is C11H15ClN2O. The summed E-state index contributed by atoms with van der Waals surface area (Å²) < 4.78 is 5.60. The van der Waals surface area contributed by atoms with Crippen LogP contribution in [-0.2, 0) is 11.3 Å². The van der Waals surface area contributed by atoms with E-state index in [1.54, 1.807) is 12.3 Å². The SMILES string of the molecule is Clc1ccc(COCC2CCCN2)cn1. The van der Waals surface area contributed by atoms with Crippen molar-refractivity contribution in [1.82, 2.24) is 10.3 Å². The van der Waals surface area contributed by atoms with Gasteiger partial charge in [0.15, 0.2) is 0 Å². The topological polar surface area (TPSA) is 34.1 Å². The van der Waals surface area contributed by atoms with Gasteiger partial charge in [-0.3, -0.25) is 0 Å². The maximum Gasteiger partial charge on any atom is 0.129 e. The quantitative estimate of drug-likeness (QED) is 0.798. The van der Waals surface area contributed by atoms with Crippen molar-refractivity contribution in [3.05, 3.63) is 29.0 Å². The molecule has 0 saturated carbocycles. The molecule has 2 rings (SSSR count). The molecule has 1 fully saturated rings. The van der Waals surface area contributed by atoms with E-state index in [9.17, 15) is 0 Å². The number of ether oxygens (including phenoxy) is 1. The average molecular weight is 227 g/mol. The van der Waals surface area contributed by atoms with E-state index in [0.29, 0.717) is 17.8 Å². The molecule has 1 N–H and O–H groups in total. The molecule has 0 spiro atoms. The zero-order chi connectivity index (χ0) is 10.5. The predicted octanol–water partition coefficient (Wildman–Crippen LogP) is 2.00. The second-order valence-corrected chi connectivity index (χ2v) is 4.18. The molecule has 1 unspecified atom stereocenters. The van der Waals surface area contributed by atoms with Gasteiger partial charge in [-0.25, -0.2) is 4.98 Å². The lowest BCUT2D eigenvalue weighted by atomic mass is 10.2. The normalized spacial score (nSPS) is 20.7. The highest BCUT2D eigenvalue weighted by Crippen LogP contribution is 2.08. The van der Waals surface area contributed by atoms with Crippen molar-refractivity contribution >= 4 is 11.6 Å². The standard InChI is InChI=1S/C11H15ClN2O/c12-11-4-3-9(6-14-11)7-15-8-10-2-1-5-13-10/h3-4,6,10,13H,1-2,5,7-8H2. The van der Waals surface area contributed by atoms with Crippen LogP contribution in [0, 0.1) is 0 Å². The van der Waals surface area contributed by atoms with Crippen molar-refractivity contribution in [2.75, 3.05) is 13.2 Å². The van der Waals surface area contributed by atoms with E-state index in [1.807, 2.05) is 6.07 Å². The Morgan fingerprint density at radius 3 is 3.13 bits per heavy atom. The molecular weight excluding hydrogens is 212 g/mol. The molecule has 0 amide bonds. The van der Waals surface area contributed by atoms with E-state index in [2.05, 4.69) is 10.3 Å². The zero-order valence-electron chi connectivity index (χ0n) is 8.58. The first-order valence-electron chi connectivity index (χ1n) is 5.26. The number of halogens is 1. The third-order valence-electron chi connectivity index (χ3n) is 2.54. The van der Waals surface area contributed by atoms with Crippen molar-refractivity contribution in [2.24, 2.45) is 0 Å². The number of nitrogens with one attached hydrogen (secondary N) is 1. The van der Waals surface area contributed by atoms with Crippen LogP contribution in [0.25, 0.3) is 0 Å². The summed E-state index contributed by atoms with van der Waals surface area (Å²) in [5.41, 5.74) is 1.07. The fraction of sp³-hybridized carbons (Fsp3) is 0.545. The number of aromatic nitrogens is 1. The Morgan fingerprint density at radius 1 is 1.53 bits per heavy atom. The summed E-state index contributed by atoms with van der Waals surface area (Å²) in [5, 5.41) is 3.91. The highest BCUT2D eigenvalue weighted by atomic mass is 35.5. The predicted molar refractivity (Wildman–Crippen MR) is 59.9 cm³/mol. The lowest BCUT2D eigenvalue weighted by Crippen LogP contribution is -2.26. The Hall–Kier alpha value is -0.640. The molecule has 3 nitrogen and oxygen atoms in total. The Kier molecular flexibility index (Phi) is 3.94. The molecule has 15 heavy (non-hydrogen) atoms. The van der Waals surface area contributed by atoms with Crippen molar-refractivity contribution in [3.63, 3.8) is 0 Å². The van der Waals surface area contributed by atoms with Crippen molar-refractivity contribution in [3.8, 4) is 0 Å². The Bertz CT molecular complexity index is 296. The first-order valence-corrected chi connectivity index (χ1v) is 5.64. The minimum atomic E-state index is 0.524. The second-order valence-electron chi connectivity index (χ2n) is 3.80. The number of hydrogen-bond donors (Lipinski definition) is 1. The molecule has 1 aromatic rings. The fourth-order valence-corrected chi connectivity index (χ4v) is 1.82. The average Bonchev–Trinajstić information content (AvgIpc) is 2.74. The van der Waals surface area contributed by atoms with Crippen molar-refractivity contribution < 1.29 is 4.74 Å². The van der Waals surface area contributed by atoms with Gasteiger partial charge in [-0.05, 0) is 31.0 Å². The van der Waals surface area contributed by atoms with Crippen LogP contribution in [0.3, 0.4) is 0 Å². The van der Waals surface area contributed by atoms with Crippen LogP contribution in [0.2, 0.25) is 5.15 Å². The molecule has 2 heterocycles. The van der Waals surface area contributed by atoms with Gasteiger partial charge in [0.1, 0.15) is 5.15 Å². The highest BCUT2D eigenvalue weighted by molar-refractivity contribution is 6.29. The molecule has 0 radical (unpaired) electrons. The first-order chi connectivity index (χ1) is 7.34. The van der Waals surface area contributed by atoms with Crippen LogP contribution < -0.4 is 5.32 Å². The summed E-state index contributed by atoms with van der Waals surface area (Å²) in [4.78, 5) is 4.00. The van der Waals surface area contributed by atoms with Gasteiger partial charge in [0.25, 0.3) is 0 Å². The molecule has 4 heteroatoms. The van der Waals surface area contributed by atoms with Crippen molar-refractivity contribution in [2.45, 2.75) is 25.5 Å². The van der Waals surface area contributed by atoms with E-state index in [0.717, 1.165) is 18.7 Å². The summed E-state index contributed by atoms with van der Waals surface area (Å²) >= 11 is 5.69. The smallest absolute Gasteiger partial charge is 0.129 e. The van der Waals surface area contributed by atoms with E-state index >= 15 is 0 Å². The Balaban J connectivity index is 1.71. The van der Waals surface area contributed by atoms with E-state index in [1.165, 1.54) is 12.8 Å². The van der Waals surface area contributed by atoms with Gasteiger partial charge in [0.05, 0.1) is 13.2 Å². The number of pyridine rings is 1. The Labute approximate surface area is 94.8 Å². The van der Waals surface area contributed by atoms with Crippen LogP contribution in [0.5, 0.6) is 0 Å². The summed E-state index contributed by atoms with van der Waals surface area (Å²) in [7, 11) is 0. The monoisotopic (exact) mass is 226 g/mol. The minimum absolute atomic E-state index is 0.524. The van der Waals surface area contributed by atoms with Gasteiger partial charge in [-0.15, -0.1) is 0 Å². The molecule has 0 aromatic carbocycles. The van der Waals surface area contributed by atoms with Gasteiger partial charge in [0.2, 0.25) is 0 Å². The van der Waals surface area contributed by atoms with Crippen LogP contribution in [0.1, 0.15) is 18.4 Å². The van der Waals surface area contributed by atoms with Crippen molar-refractivity contribution in [1.29, 1.82) is 0 Å². The van der Waals surface area contributed by atoms with Crippen LogP contribution in [0.4, 0.5) is 0 Å². The van der Waals surface area contributed by atoms with E-state index < -0.39 is 0 Å². The lowest BCUT2D eigenvalue weighted by molar-refractivity contribution is 0.103. The summed E-state index contributed by atoms with van der Waals surface area (Å²) in [5.74, 6) is 0. The summed E-state index contributed by atoms with van der Waals surface area (Å²) in [6, 6.07) is 4.26. The molecule has 0 bridgehead atoms. The van der Waals surface area contributed by atoms with Gasteiger partial charge < -0.3 is 10.1 Å². The van der Waals surface area contributed by atoms with Gasteiger partial charge >= 0.3 is 0 Å². The summed E-state index contributed by atoms with van der Waals surface area (Å²) in [6.45, 7) is 2.52. The molecule has 82 valence electrons. The highest BCUT2D eigenvalue weighted by Gasteiger charge is 2.13. The maximum atomic E-state index is 5.69. The molecule has 1 aliphatic rings. The van der Waals surface area contributed by atoms with Crippen LogP contribution in [-0.4, -0.2) is 24.2 Å². The first kappa shape index (κ1) is 10.9. The van der Waals surface area contributed by atoms with Gasteiger partial charge in [-0.2, -0.15) is 0 Å². The van der Waals surface area contributed by atoms with Gasteiger partial charge in [0, 0.05) is 12.2 Å². The number of rotatable bonds is 4. The largest absolute Gasteiger partial charge is 0.375 e. The molecule has 0 aliphatic carbocycles. The number of nitrogens with zero attached hydrogens (tertiary/aromatic N) is 1.